The van der Waals surface area contributed by atoms with Gasteiger partial charge < -0.3 is 15.4 Å². The molecule has 0 aromatic heterocycles. The molecule has 0 aliphatic carbocycles. The van der Waals surface area contributed by atoms with Gasteiger partial charge in [0, 0.05) is 13.1 Å². The second kappa shape index (κ2) is 2.48. The highest BCUT2D eigenvalue weighted by Crippen LogP contribution is 2.06. The molecule has 2 N–H and O–H groups in total. The molecule has 1 saturated heterocycles. The normalized spacial score (nSPS) is 23.5. The van der Waals surface area contributed by atoms with Crippen LogP contribution >= 0.6 is 0 Å². The van der Waals surface area contributed by atoms with Crippen molar-refractivity contribution in [1.29, 1.82) is 0 Å². The summed E-state index contributed by atoms with van der Waals surface area (Å²) in [6, 6.07) is 2.20. The molecule has 0 aromatic rings. The Hall–Kier alpha value is -1.37. The first-order valence-corrected chi connectivity index (χ1v) is 2.87. The summed E-state index contributed by atoms with van der Waals surface area (Å²) in [6.45, 7) is 0.503. The number of hydrogen-bond donors (Lipinski definition) is 1. The van der Waals surface area contributed by atoms with Gasteiger partial charge in [-0.1, -0.05) is 0 Å². The number of carbonyl (C=O) groups is 1. The zero-order chi connectivity index (χ0) is 7.56. The van der Waals surface area contributed by atoms with Crippen molar-refractivity contribution in [3.8, 4) is 12.0 Å². The molecule has 0 radical (unpaired) electrons. The summed E-state index contributed by atoms with van der Waals surface area (Å²) in [7, 11) is 1.65. The summed E-state index contributed by atoms with van der Waals surface area (Å²) in [5.41, 5.74) is 4.93. The van der Waals surface area contributed by atoms with Crippen LogP contribution in [0.4, 0.5) is 4.79 Å². The Kier molecular flexibility index (Phi) is 1.67. The van der Waals surface area contributed by atoms with Crippen molar-refractivity contribution < 1.29 is 9.53 Å². The smallest absolute Gasteiger partial charge is 0.410 e. The zero-order valence-electron chi connectivity index (χ0n) is 5.63. The summed E-state index contributed by atoms with van der Waals surface area (Å²) in [5.74, 6) is 2.55. The third-order valence-corrected chi connectivity index (χ3v) is 1.24. The van der Waals surface area contributed by atoms with E-state index in [1.54, 1.807) is 7.05 Å². The van der Waals surface area contributed by atoms with Gasteiger partial charge in [-0.15, -0.1) is 0 Å². The van der Waals surface area contributed by atoms with Gasteiger partial charge in [-0.2, -0.15) is 0 Å². The molecule has 1 aliphatic heterocycles. The Bertz CT molecular complexity index is 204. The molecule has 4 nitrogen and oxygen atoms in total. The Morgan fingerprint density at radius 2 is 2.60 bits per heavy atom. The van der Waals surface area contributed by atoms with Crippen LogP contribution in [0.5, 0.6) is 0 Å². The van der Waals surface area contributed by atoms with Crippen LogP contribution in [0.25, 0.3) is 0 Å². The predicted octanol–water partition coefficient (Wildman–Crippen LogP) is -0.643. The van der Waals surface area contributed by atoms with E-state index in [0.29, 0.717) is 6.54 Å². The molecule has 0 bridgehead atoms. The molecule has 0 saturated carbocycles. The van der Waals surface area contributed by atoms with Gasteiger partial charge in [0.05, 0.1) is 6.54 Å². The zero-order valence-corrected chi connectivity index (χ0v) is 5.63. The van der Waals surface area contributed by atoms with E-state index in [4.69, 9.17) is 10.5 Å². The fourth-order valence-corrected chi connectivity index (χ4v) is 0.740. The van der Waals surface area contributed by atoms with Crippen molar-refractivity contribution in [3.63, 3.8) is 0 Å². The second-order valence-corrected chi connectivity index (χ2v) is 2.04. The predicted molar refractivity (Wildman–Crippen MR) is 34.9 cm³/mol. The maximum Gasteiger partial charge on any atom is 0.410 e. The summed E-state index contributed by atoms with van der Waals surface area (Å²) in [5, 5.41) is 0. The maximum atomic E-state index is 10.7. The lowest BCUT2D eigenvalue weighted by Gasteiger charge is -1.99. The first kappa shape index (κ1) is 6.75. The van der Waals surface area contributed by atoms with E-state index in [1.165, 1.54) is 4.90 Å². The molecule has 54 valence electrons. The molecular formula is C6H8N2O2. The minimum Gasteiger partial charge on any atom is -0.431 e. The van der Waals surface area contributed by atoms with Gasteiger partial charge in [0.25, 0.3) is 0 Å². The molecule has 10 heavy (non-hydrogen) atoms. The van der Waals surface area contributed by atoms with E-state index >= 15 is 0 Å². The van der Waals surface area contributed by atoms with Gasteiger partial charge in [0.2, 0.25) is 0 Å². The van der Waals surface area contributed by atoms with Crippen molar-refractivity contribution in [2.24, 2.45) is 5.73 Å². The Morgan fingerprint density at radius 3 is 3.00 bits per heavy atom. The number of nitrogens with zero attached hydrogens (tertiary/aromatic N) is 1. The van der Waals surface area contributed by atoms with Gasteiger partial charge in [-0.25, -0.2) is 4.79 Å². The topological polar surface area (TPSA) is 55.6 Å². The van der Waals surface area contributed by atoms with E-state index in [1.807, 2.05) is 0 Å². The number of rotatable bonds is 0. The average molecular weight is 140 g/mol. The molecule has 0 aromatic carbocycles. The maximum absolute atomic E-state index is 10.7. The molecule has 1 unspecified atom stereocenters. The number of nitrogens with two attached hydrogens (primary N) is 1. The molecule has 1 aliphatic rings. The van der Waals surface area contributed by atoms with E-state index < -0.39 is 0 Å². The van der Waals surface area contributed by atoms with Gasteiger partial charge in [0.1, 0.15) is 0 Å². The van der Waals surface area contributed by atoms with Crippen molar-refractivity contribution >= 4 is 6.09 Å². The molecule has 1 rings (SSSR count). The van der Waals surface area contributed by atoms with Crippen molar-refractivity contribution in [2.45, 2.75) is 6.10 Å². The number of carbonyl (C=O) groups excluding carboxylic acids is 1. The van der Waals surface area contributed by atoms with E-state index in [2.05, 4.69) is 12.0 Å². The monoisotopic (exact) mass is 140 g/mol. The highest BCUT2D eigenvalue weighted by atomic mass is 16.6. The summed E-state index contributed by atoms with van der Waals surface area (Å²) in [4.78, 5) is 12.1. The number of ether oxygens (including phenoxy) is 1. The van der Waals surface area contributed by atoms with E-state index in [9.17, 15) is 4.79 Å². The molecule has 4 heteroatoms. The van der Waals surface area contributed by atoms with Crippen LogP contribution in [0.2, 0.25) is 0 Å². The number of cyclic esters (lactones) is 1. The molecule has 1 heterocycles. The largest absolute Gasteiger partial charge is 0.431 e. The Balaban J connectivity index is 2.54. The fraction of sp³-hybridized carbons (Fsp3) is 0.500. The van der Waals surface area contributed by atoms with Crippen LogP contribution in [0, 0.1) is 12.0 Å². The summed E-state index contributed by atoms with van der Waals surface area (Å²) >= 11 is 0. The van der Waals surface area contributed by atoms with Crippen molar-refractivity contribution in [1.82, 2.24) is 4.90 Å². The Labute approximate surface area is 58.9 Å². The first-order valence-electron chi connectivity index (χ1n) is 2.87. The SMILES string of the molecule is CN1CC(C#CN)OC1=O. The van der Waals surface area contributed by atoms with Crippen LogP contribution in [0.1, 0.15) is 0 Å². The summed E-state index contributed by atoms with van der Waals surface area (Å²) in [6.07, 6.45) is -0.685. The standard InChI is InChI=1S/C6H8N2O2/c1-8-4-5(2-3-7)10-6(8)9/h5H,4,7H2,1H3. The molecular weight excluding hydrogens is 132 g/mol. The van der Waals surface area contributed by atoms with Crippen LogP contribution in [-0.2, 0) is 4.74 Å². The lowest BCUT2D eigenvalue weighted by atomic mass is 10.4. The third kappa shape index (κ3) is 1.13. The quantitative estimate of drug-likeness (QED) is 0.359. The molecule has 1 amide bonds. The highest BCUT2D eigenvalue weighted by Gasteiger charge is 2.26. The number of amides is 1. The highest BCUT2D eigenvalue weighted by molar-refractivity contribution is 5.70. The van der Waals surface area contributed by atoms with Gasteiger partial charge in [0.15, 0.2) is 6.10 Å². The van der Waals surface area contributed by atoms with Crippen LogP contribution in [0.3, 0.4) is 0 Å². The lowest BCUT2D eigenvalue weighted by molar-refractivity contribution is 0.151. The van der Waals surface area contributed by atoms with E-state index in [-0.39, 0.29) is 12.2 Å². The minimum atomic E-state index is -0.345. The first-order chi connectivity index (χ1) is 4.74. The van der Waals surface area contributed by atoms with Crippen molar-refractivity contribution in [2.75, 3.05) is 13.6 Å². The molecule has 1 fully saturated rings. The van der Waals surface area contributed by atoms with Crippen LogP contribution < -0.4 is 5.73 Å². The van der Waals surface area contributed by atoms with Crippen LogP contribution in [-0.4, -0.2) is 30.7 Å². The molecule has 1 atom stereocenters. The molecule has 0 spiro atoms. The average Bonchev–Trinajstić information content (AvgIpc) is 2.14. The van der Waals surface area contributed by atoms with Gasteiger partial charge in [-0.05, 0) is 5.92 Å². The van der Waals surface area contributed by atoms with Crippen LogP contribution in [0.15, 0.2) is 0 Å². The lowest BCUT2D eigenvalue weighted by Crippen LogP contribution is -2.18. The van der Waals surface area contributed by atoms with E-state index in [0.717, 1.165) is 0 Å². The third-order valence-electron chi connectivity index (χ3n) is 1.24. The number of likely N-dealkylation sites (N-methyl/N-ethyl adjacent to an activating group) is 1. The summed E-state index contributed by atoms with van der Waals surface area (Å²) < 4.78 is 4.75. The fourth-order valence-electron chi connectivity index (χ4n) is 0.740. The number of hydrogen-bond acceptors (Lipinski definition) is 3. The van der Waals surface area contributed by atoms with Gasteiger partial charge in [-0.3, -0.25) is 0 Å². The van der Waals surface area contributed by atoms with Crippen molar-refractivity contribution in [3.05, 3.63) is 0 Å². The Morgan fingerprint density at radius 1 is 1.90 bits per heavy atom. The minimum absolute atomic E-state index is 0.340. The second-order valence-electron chi connectivity index (χ2n) is 2.04. The van der Waals surface area contributed by atoms with Gasteiger partial charge >= 0.3 is 6.09 Å².